The molecule has 0 bridgehead atoms. The molecule has 0 unspecified atom stereocenters. The molecule has 0 radical (unpaired) electrons. The molecule has 1 aromatic carbocycles. The van der Waals surface area contributed by atoms with E-state index in [2.05, 4.69) is 10.8 Å². The number of nitrogens with two attached hydrogens (primary N) is 1. The van der Waals surface area contributed by atoms with Gasteiger partial charge in [0.1, 0.15) is 10.7 Å². The molecular weight excluding hydrogens is 267 g/mol. The van der Waals surface area contributed by atoms with E-state index < -0.39 is 15.8 Å². The minimum atomic E-state index is -3.75. The third-order valence-corrected chi connectivity index (χ3v) is 4.69. The van der Waals surface area contributed by atoms with E-state index in [0.717, 1.165) is 25.3 Å². The second kappa shape index (κ2) is 5.71. The number of para-hydroxylation sites is 1. The predicted molar refractivity (Wildman–Crippen MR) is 72.6 cm³/mol. The molecule has 0 saturated carbocycles. The van der Waals surface area contributed by atoms with Crippen LogP contribution in [0.4, 0.5) is 10.1 Å². The van der Waals surface area contributed by atoms with Gasteiger partial charge in [-0.25, -0.2) is 17.5 Å². The highest BCUT2D eigenvalue weighted by molar-refractivity contribution is 7.89. The molecule has 1 aliphatic carbocycles. The Balaban J connectivity index is 2.03. The summed E-state index contributed by atoms with van der Waals surface area (Å²) in [5.41, 5.74) is 6.39. The Bertz CT molecular complexity index is 597. The highest BCUT2D eigenvalue weighted by atomic mass is 32.2. The summed E-state index contributed by atoms with van der Waals surface area (Å²) in [6.07, 6.45) is 6.07. The summed E-state index contributed by atoms with van der Waals surface area (Å²) in [7, 11) is -3.75. The molecule has 19 heavy (non-hydrogen) atoms. The average Bonchev–Trinajstić information content (AvgIpc) is 2.85. The molecule has 1 aliphatic rings. The third-order valence-electron chi connectivity index (χ3n) is 3.18. The molecule has 0 spiro atoms. The molecule has 0 aromatic heterocycles. The van der Waals surface area contributed by atoms with Crippen LogP contribution in [0.5, 0.6) is 0 Å². The van der Waals surface area contributed by atoms with Crippen molar-refractivity contribution in [1.82, 2.24) is 4.72 Å². The van der Waals surface area contributed by atoms with Crippen LogP contribution in [0.3, 0.4) is 0 Å². The molecule has 104 valence electrons. The first kappa shape index (κ1) is 14.0. The summed E-state index contributed by atoms with van der Waals surface area (Å²) in [4.78, 5) is -0.201. The van der Waals surface area contributed by atoms with Gasteiger partial charge in [0.25, 0.3) is 0 Å². The summed E-state index contributed by atoms with van der Waals surface area (Å²) >= 11 is 0. The lowest BCUT2D eigenvalue weighted by Crippen LogP contribution is -2.26. The van der Waals surface area contributed by atoms with Crippen molar-refractivity contribution < 1.29 is 12.8 Å². The van der Waals surface area contributed by atoms with E-state index in [1.165, 1.54) is 17.7 Å². The fourth-order valence-corrected chi connectivity index (χ4v) is 3.31. The molecule has 4 nitrogen and oxygen atoms in total. The van der Waals surface area contributed by atoms with Crippen LogP contribution in [-0.4, -0.2) is 15.0 Å². The molecule has 0 amide bonds. The Kier molecular flexibility index (Phi) is 4.21. The van der Waals surface area contributed by atoms with Crippen LogP contribution in [0.1, 0.15) is 25.7 Å². The first-order chi connectivity index (χ1) is 9.00. The first-order valence-electron chi connectivity index (χ1n) is 6.22. The molecule has 0 fully saturated rings. The Labute approximate surface area is 112 Å². The Morgan fingerprint density at radius 2 is 2.16 bits per heavy atom. The van der Waals surface area contributed by atoms with Gasteiger partial charge >= 0.3 is 0 Å². The molecule has 0 atom stereocenters. The van der Waals surface area contributed by atoms with E-state index in [9.17, 15) is 12.8 Å². The lowest BCUT2D eigenvalue weighted by atomic mass is 10.2. The van der Waals surface area contributed by atoms with E-state index in [-0.39, 0.29) is 10.6 Å². The summed E-state index contributed by atoms with van der Waals surface area (Å²) in [6, 6.07) is 3.77. The average molecular weight is 284 g/mol. The van der Waals surface area contributed by atoms with Gasteiger partial charge < -0.3 is 5.73 Å². The smallest absolute Gasteiger partial charge is 0.242 e. The number of hydrogen-bond donors (Lipinski definition) is 2. The SMILES string of the molecule is Nc1c(F)cccc1S(=O)(=O)NCCC1=CCCC1. The monoisotopic (exact) mass is 284 g/mol. The van der Waals surface area contributed by atoms with Gasteiger partial charge in [-0.2, -0.15) is 0 Å². The van der Waals surface area contributed by atoms with Crippen molar-refractivity contribution in [3.05, 3.63) is 35.7 Å². The Morgan fingerprint density at radius 3 is 2.84 bits per heavy atom. The summed E-state index contributed by atoms with van der Waals surface area (Å²) < 4.78 is 39.7. The second-order valence-corrected chi connectivity index (χ2v) is 6.29. The van der Waals surface area contributed by atoms with Gasteiger partial charge in [0.2, 0.25) is 10.0 Å². The van der Waals surface area contributed by atoms with Gasteiger partial charge in [0.05, 0.1) is 5.69 Å². The van der Waals surface area contributed by atoms with Crippen molar-refractivity contribution in [3.63, 3.8) is 0 Å². The van der Waals surface area contributed by atoms with Crippen LogP contribution in [0.25, 0.3) is 0 Å². The van der Waals surface area contributed by atoms with Gasteiger partial charge in [-0.1, -0.05) is 17.7 Å². The molecule has 0 saturated heterocycles. The zero-order valence-electron chi connectivity index (χ0n) is 10.5. The summed E-state index contributed by atoms with van der Waals surface area (Å²) in [6.45, 7) is 0.310. The minimum absolute atomic E-state index is 0.201. The zero-order chi connectivity index (χ0) is 13.9. The second-order valence-electron chi connectivity index (χ2n) is 4.55. The normalized spacial score (nSPS) is 15.5. The van der Waals surface area contributed by atoms with Gasteiger partial charge in [0.15, 0.2) is 0 Å². The molecule has 6 heteroatoms. The number of allylic oxidation sites excluding steroid dienone is 1. The maximum absolute atomic E-state index is 13.3. The lowest BCUT2D eigenvalue weighted by Gasteiger charge is -2.09. The van der Waals surface area contributed by atoms with Crippen LogP contribution >= 0.6 is 0 Å². The topological polar surface area (TPSA) is 72.2 Å². The fraction of sp³-hybridized carbons (Fsp3) is 0.385. The quantitative estimate of drug-likeness (QED) is 0.643. The fourth-order valence-electron chi connectivity index (χ4n) is 2.14. The van der Waals surface area contributed by atoms with Gasteiger partial charge in [0, 0.05) is 6.54 Å². The van der Waals surface area contributed by atoms with E-state index in [1.54, 1.807) is 0 Å². The maximum Gasteiger partial charge on any atom is 0.242 e. The molecule has 1 aromatic rings. The number of nitrogen functional groups attached to an aromatic ring is 1. The summed E-state index contributed by atoms with van der Waals surface area (Å²) in [5.74, 6) is -0.721. The molecule has 3 N–H and O–H groups in total. The highest BCUT2D eigenvalue weighted by Crippen LogP contribution is 2.22. The Hall–Kier alpha value is -1.40. The molecular formula is C13H17FN2O2S. The summed E-state index contributed by atoms with van der Waals surface area (Å²) in [5, 5.41) is 0. The van der Waals surface area contributed by atoms with Crippen LogP contribution in [0.15, 0.2) is 34.7 Å². The number of sulfonamides is 1. The molecule has 0 aliphatic heterocycles. The van der Waals surface area contributed by atoms with Crippen molar-refractivity contribution in [3.8, 4) is 0 Å². The number of anilines is 1. The van der Waals surface area contributed by atoms with Crippen LogP contribution < -0.4 is 10.5 Å². The van der Waals surface area contributed by atoms with E-state index in [1.807, 2.05) is 0 Å². The third kappa shape index (κ3) is 3.33. The van der Waals surface area contributed by atoms with Crippen molar-refractivity contribution in [1.29, 1.82) is 0 Å². The largest absolute Gasteiger partial charge is 0.395 e. The van der Waals surface area contributed by atoms with Crippen molar-refractivity contribution in [2.45, 2.75) is 30.6 Å². The van der Waals surface area contributed by atoms with E-state index >= 15 is 0 Å². The van der Waals surface area contributed by atoms with Crippen molar-refractivity contribution >= 4 is 15.7 Å². The number of benzene rings is 1. The number of hydrogen-bond acceptors (Lipinski definition) is 3. The predicted octanol–water partition coefficient (Wildman–Crippen LogP) is 2.19. The number of halogens is 1. The van der Waals surface area contributed by atoms with Gasteiger partial charge in [-0.05, 0) is 37.8 Å². The van der Waals surface area contributed by atoms with Crippen LogP contribution in [0, 0.1) is 5.82 Å². The van der Waals surface area contributed by atoms with Crippen LogP contribution in [0.2, 0.25) is 0 Å². The van der Waals surface area contributed by atoms with Gasteiger partial charge in [-0.3, -0.25) is 0 Å². The van der Waals surface area contributed by atoms with Crippen molar-refractivity contribution in [2.24, 2.45) is 0 Å². The van der Waals surface area contributed by atoms with E-state index in [4.69, 9.17) is 5.73 Å². The van der Waals surface area contributed by atoms with Crippen molar-refractivity contribution in [2.75, 3.05) is 12.3 Å². The first-order valence-corrected chi connectivity index (χ1v) is 7.70. The van der Waals surface area contributed by atoms with Gasteiger partial charge in [-0.15, -0.1) is 0 Å². The lowest BCUT2D eigenvalue weighted by molar-refractivity contribution is 0.578. The number of rotatable bonds is 5. The number of nitrogens with one attached hydrogen (secondary N) is 1. The zero-order valence-corrected chi connectivity index (χ0v) is 11.3. The molecule has 2 rings (SSSR count). The highest BCUT2D eigenvalue weighted by Gasteiger charge is 2.19. The van der Waals surface area contributed by atoms with Crippen LogP contribution in [-0.2, 0) is 10.0 Å². The maximum atomic E-state index is 13.3. The Morgan fingerprint density at radius 1 is 1.37 bits per heavy atom. The van der Waals surface area contributed by atoms with E-state index in [0.29, 0.717) is 13.0 Å². The molecule has 0 heterocycles. The minimum Gasteiger partial charge on any atom is -0.395 e. The standard InChI is InChI=1S/C13H17FN2O2S/c14-11-6-3-7-12(13(11)15)19(17,18)16-9-8-10-4-1-2-5-10/h3-4,6-7,16H,1-2,5,8-9,15H2.